The lowest BCUT2D eigenvalue weighted by Gasteiger charge is -2.20. The largest absolute Gasteiger partial charge is 0.480 e. The molecule has 1 fully saturated rings. The summed E-state index contributed by atoms with van der Waals surface area (Å²) in [6.45, 7) is 1.90. The number of rotatable bonds is 6. The van der Waals surface area contributed by atoms with Crippen molar-refractivity contribution in [1.29, 1.82) is 0 Å². The minimum atomic E-state index is -0.943. The number of amides is 1. The number of aliphatic carboxylic acids is 1. The minimum absolute atomic E-state index is 0.0888. The van der Waals surface area contributed by atoms with Crippen LogP contribution in [0.15, 0.2) is 24.3 Å². The van der Waals surface area contributed by atoms with Crippen molar-refractivity contribution in [3.8, 4) is 0 Å². The van der Waals surface area contributed by atoms with Crippen molar-refractivity contribution < 1.29 is 14.7 Å². The third-order valence-electron chi connectivity index (χ3n) is 3.40. The summed E-state index contributed by atoms with van der Waals surface area (Å²) >= 11 is 0. The van der Waals surface area contributed by atoms with Crippen LogP contribution in [0.3, 0.4) is 0 Å². The number of carbonyl (C=O) groups is 2. The highest BCUT2D eigenvalue weighted by Crippen LogP contribution is 2.27. The zero-order valence-electron chi connectivity index (χ0n) is 11.1. The number of nitrogens with zero attached hydrogens (tertiary/aromatic N) is 1. The van der Waals surface area contributed by atoms with Crippen molar-refractivity contribution in [2.75, 3.05) is 6.54 Å². The van der Waals surface area contributed by atoms with Crippen LogP contribution in [0, 0.1) is 0 Å². The van der Waals surface area contributed by atoms with Gasteiger partial charge in [0.25, 0.3) is 0 Å². The molecule has 1 N–H and O–H groups in total. The maximum Gasteiger partial charge on any atom is 0.323 e. The molecule has 0 unspecified atom stereocenters. The van der Waals surface area contributed by atoms with Gasteiger partial charge in [-0.2, -0.15) is 0 Å². The molecule has 0 bridgehead atoms. The van der Waals surface area contributed by atoms with Crippen molar-refractivity contribution in [2.45, 2.75) is 38.6 Å². The summed E-state index contributed by atoms with van der Waals surface area (Å²) in [6.07, 6.45) is 3.11. The first-order valence-corrected chi connectivity index (χ1v) is 6.69. The summed E-state index contributed by atoms with van der Waals surface area (Å²) in [7, 11) is 0. The fourth-order valence-corrected chi connectivity index (χ4v) is 2.12. The predicted octanol–water partition coefficient (Wildman–Crippen LogP) is 1.87. The Balaban J connectivity index is 1.99. The van der Waals surface area contributed by atoms with E-state index in [4.69, 9.17) is 5.11 Å². The Morgan fingerprint density at radius 3 is 2.26 bits per heavy atom. The van der Waals surface area contributed by atoms with Gasteiger partial charge in [-0.15, -0.1) is 0 Å². The van der Waals surface area contributed by atoms with Crippen LogP contribution in [-0.2, 0) is 22.4 Å². The molecular weight excluding hydrogens is 242 g/mol. The first kappa shape index (κ1) is 13.6. The lowest BCUT2D eigenvalue weighted by molar-refractivity contribution is -0.144. The second-order valence-electron chi connectivity index (χ2n) is 4.99. The summed E-state index contributed by atoms with van der Waals surface area (Å²) in [4.78, 5) is 24.4. The molecule has 1 saturated carbocycles. The van der Waals surface area contributed by atoms with Gasteiger partial charge in [-0.25, -0.2) is 0 Å². The van der Waals surface area contributed by atoms with Crippen molar-refractivity contribution in [3.63, 3.8) is 0 Å². The van der Waals surface area contributed by atoms with Crippen LogP contribution in [0.25, 0.3) is 0 Å². The Kier molecular flexibility index (Phi) is 4.20. The molecule has 0 atom stereocenters. The third-order valence-corrected chi connectivity index (χ3v) is 3.40. The number of aryl methyl sites for hydroxylation is 1. The molecule has 1 aromatic carbocycles. The monoisotopic (exact) mass is 261 g/mol. The second-order valence-corrected chi connectivity index (χ2v) is 4.99. The average molecular weight is 261 g/mol. The number of hydrogen-bond donors (Lipinski definition) is 1. The van der Waals surface area contributed by atoms with Gasteiger partial charge in [0.1, 0.15) is 6.54 Å². The van der Waals surface area contributed by atoms with Crippen molar-refractivity contribution in [1.82, 2.24) is 4.90 Å². The third kappa shape index (κ3) is 3.81. The van der Waals surface area contributed by atoms with Crippen LogP contribution in [0.5, 0.6) is 0 Å². The lowest BCUT2D eigenvalue weighted by atomic mass is 10.1. The maximum absolute atomic E-state index is 12.1. The van der Waals surface area contributed by atoms with E-state index in [0.717, 1.165) is 24.8 Å². The first-order chi connectivity index (χ1) is 9.10. The molecule has 1 aliphatic rings. The molecule has 0 aliphatic heterocycles. The molecule has 1 aromatic rings. The van der Waals surface area contributed by atoms with Crippen LogP contribution in [0.1, 0.15) is 30.9 Å². The highest BCUT2D eigenvalue weighted by molar-refractivity contribution is 5.83. The van der Waals surface area contributed by atoms with Gasteiger partial charge in [0.15, 0.2) is 0 Å². The number of carboxylic acid groups (broad SMARTS) is 1. The number of benzene rings is 1. The predicted molar refractivity (Wildman–Crippen MR) is 71.9 cm³/mol. The molecule has 0 saturated heterocycles. The van der Waals surface area contributed by atoms with Gasteiger partial charge in [0.2, 0.25) is 5.91 Å². The van der Waals surface area contributed by atoms with Gasteiger partial charge >= 0.3 is 5.97 Å². The molecule has 0 spiro atoms. The van der Waals surface area contributed by atoms with Crippen LogP contribution in [0.4, 0.5) is 0 Å². The zero-order valence-corrected chi connectivity index (χ0v) is 11.1. The topological polar surface area (TPSA) is 57.6 Å². The van der Waals surface area contributed by atoms with Gasteiger partial charge in [-0.05, 0) is 30.4 Å². The van der Waals surface area contributed by atoms with E-state index in [2.05, 4.69) is 6.92 Å². The highest BCUT2D eigenvalue weighted by Gasteiger charge is 2.33. The Labute approximate surface area is 113 Å². The first-order valence-electron chi connectivity index (χ1n) is 6.69. The summed E-state index contributed by atoms with van der Waals surface area (Å²) in [5.74, 6) is -1.03. The van der Waals surface area contributed by atoms with E-state index in [0.29, 0.717) is 0 Å². The van der Waals surface area contributed by atoms with Gasteiger partial charge in [0.05, 0.1) is 6.42 Å². The number of carboxylic acids is 1. The van der Waals surface area contributed by atoms with Crippen LogP contribution in [0.2, 0.25) is 0 Å². The maximum atomic E-state index is 12.1. The SMILES string of the molecule is CCc1ccc(CC(=O)N(CC(=O)O)C2CC2)cc1. The number of carbonyl (C=O) groups excluding carboxylic acids is 1. The molecule has 2 rings (SSSR count). The molecule has 0 radical (unpaired) electrons. The summed E-state index contributed by atoms with van der Waals surface area (Å²) < 4.78 is 0. The summed E-state index contributed by atoms with van der Waals surface area (Å²) in [6, 6.07) is 8.06. The quantitative estimate of drug-likeness (QED) is 0.850. The van der Waals surface area contributed by atoms with Crippen molar-refractivity contribution in [3.05, 3.63) is 35.4 Å². The molecule has 0 heterocycles. The molecular formula is C15H19NO3. The highest BCUT2D eigenvalue weighted by atomic mass is 16.4. The van der Waals surface area contributed by atoms with Crippen LogP contribution < -0.4 is 0 Å². The van der Waals surface area contributed by atoms with E-state index in [9.17, 15) is 9.59 Å². The molecule has 1 amide bonds. The van der Waals surface area contributed by atoms with Gasteiger partial charge in [0, 0.05) is 6.04 Å². The van der Waals surface area contributed by atoms with E-state index in [1.54, 1.807) is 0 Å². The average Bonchev–Trinajstić information content (AvgIpc) is 3.21. The molecule has 19 heavy (non-hydrogen) atoms. The van der Waals surface area contributed by atoms with Crippen molar-refractivity contribution in [2.24, 2.45) is 0 Å². The summed E-state index contributed by atoms with van der Waals surface area (Å²) in [5, 5.41) is 8.85. The minimum Gasteiger partial charge on any atom is -0.480 e. The van der Waals surface area contributed by atoms with E-state index in [1.807, 2.05) is 24.3 Å². The van der Waals surface area contributed by atoms with E-state index >= 15 is 0 Å². The van der Waals surface area contributed by atoms with E-state index in [1.165, 1.54) is 10.5 Å². The van der Waals surface area contributed by atoms with Gasteiger partial charge in [-0.3, -0.25) is 9.59 Å². The second kappa shape index (κ2) is 5.87. The Bertz CT molecular complexity index is 463. The molecule has 1 aliphatic carbocycles. The molecule has 0 aromatic heterocycles. The zero-order chi connectivity index (χ0) is 13.8. The van der Waals surface area contributed by atoms with Crippen molar-refractivity contribution >= 4 is 11.9 Å². The van der Waals surface area contributed by atoms with Gasteiger partial charge < -0.3 is 10.0 Å². The Hall–Kier alpha value is -1.84. The molecule has 102 valence electrons. The lowest BCUT2D eigenvalue weighted by Crippen LogP contribution is -2.38. The summed E-state index contributed by atoms with van der Waals surface area (Å²) in [5.41, 5.74) is 2.18. The molecule has 4 nitrogen and oxygen atoms in total. The normalized spacial score (nSPS) is 14.2. The fraction of sp³-hybridized carbons (Fsp3) is 0.467. The molecule has 4 heteroatoms. The van der Waals surface area contributed by atoms with Gasteiger partial charge in [-0.1, -0.05) is 31.2 Å². The standard InChI is InChI=1S/C15H19NO3/c1-2-11-3-5-12(6-4-11)9-14(17)16(10-15(18)19)13-7-8-13/h3-6,13H,2,7-10H2,1H3,(H,18,19). The van der Waals surface area contributed by atoms with E-state index in [-0.39, 0.29) is 24.9 Å². The fourth-order valence-electron chi connectivity index (χ4n) is 2.12. The Morgan fingerprint density at radius 1 is 1.21 bits per heavy atom. The van der Waals surface area contributed by atoms with Crippen LogP contribution >= 0.6 is 0 Å². The Morgan fingerprint density at radius 2 is 1.79 bits per heavy atom. The van der Waals surface area contributed by atoms with E-state index < -0.39 is 5.97 Å². The number of hydrogen-bond acceptors (Lipinski definition) is 2. The van der Waals surface area contributed by atoms with Crippen LogP contribution in [-0.4, -0.2) is 34.5 Å². The smallest absolute Gasteiger partial charge is 0.323 e.